The first-order valence-corrected chi connectivity index (χ1v) is 13.8. The van der Waals surface area contributed by atoms with E-state index in [0.29, 0.717) is 25.7 Å². The highest BCUT2D eigenvalue weighted by Crippen LogP contribution is 2.74. The summed E-state index contributed by atoms with van der Waals surface area (Å²) >= 11 is 0. The number of H-pyrrole nitrogens is 1. The van der Waals surface area contributed by atoms with Crippen LogP contribution in [0.4, 0.5) is 8.78 Å². The number of rotatable bonds is 2. The van der Waals surface area contributed by atoms with E-state index >= 15 is 8.78 Å². The fourth-order valence-corrected chi connectivity index (χ4v) is 9.30. The molecule has 1 aromatic carbocycles. The van der Waals surface area contributed by atoms with E-state index in [1.807, 2.05) is 12.1 Å². The number of ether oxygens (including phenoxy) is 1. The maximum atomic E-state index is 17.2. The number of aromatic amines is 1. The summed E-state index contributed by atoms with van der Waals surface area (Å²) in [6.45, 7) is 2.19. The van der Waals surface area contributed by atoms with E-state index in [4.69, 9.17) is 4.74 Å². The van der Waals surface area contributed by atoms with Crippen LogP contribution in [0, 0.1) is 11.3 Å². The fraction of sp³-hybridized carbons (Fsp3) is 0.633. The van der Waals surface area contributed by atoms with Crippen molar-refractivity contribution < 1.29 is 23.7 Å². The van der Waals surface area contributed by atoms with Gasteiger partial charge in [0, 0.05) is 30.6 Å². The van der Waals surface area contributed by atoms with Gasteiger partial charge in [-0.3, -0.25) is 4.79 Å². The van der Waals surface area contributed by atoms with E-state index in [1.54, 1.807) is 31.3 Å². The number of aliphatic hydroxyl groups excluding tert-OH is 2. The molecule has 3 N–H and O–H groups in total. The van der Waals surface area contributed by atoms with Crippen LogP contribution in [0.2, 0.25) is 0 Å². The summed E-state index contributed by atoms with van der Waals surface area (Å²) in [6, 6.07) is 7.16. The number of pyridine rings is 1. The lowest BCUT2D eigenvalue weighted by atomic mass is 9.51. The number of nitrogens with zero attached hydrogens (tertiary/aromatic N) is 1. The molecule has 2 spiro atoms. The van der Waals surface area contributed by atoms with E-state index in [2.05, 4.69) is 24.1 Å². The molecule has 6 nitrogen and oxygen atoms in total. The summed E-state index contributed by atoms with van der Waals surface area (Å²) in [4.78, 5) is 16.3. The molecule has 9 atom stereocenters. The predicted molar refractivity (Wildman–Crippen MR) is 140 cm³/mol. The number of alkyl halides is 2. The summed E-state index contributed by atoms with van der Waals surface area (Å²) in [5.41, 5.74) is -5.05. The van der Waals surface area contributed by atoms with Crippen LogP contribution in [0.1, 0.15) is 57.4 Å². The molecular weight excluding hydrogens is 490 g/mol. The number of hydrogen-bond acceptors (Lipinski definition) is 5. The summed E-state index contributed by atoms with van der Waals surface area (Å²) in [5.74, 6) is -0.166. The van der Waals surface area contributed by atoms with Crippen molar-refractivity contribution in [1.29, 1.82) is 0 Å². The highest BCUT2D eigenvalue weighted by molar-refractivity contribution is 5.87. The largest absolute Gasteiger partial charge is 0.389 e. The summed E-state index contributed by atoms with van der Waals surface area (Å²) in [7, 11) is 3.61. The van der Waals surface area contributed by atoms with Crippen molar-refractivity contribution >= 4 is 16.3 Å². The Morgan fingerprint density at radius 3 is 2.63 bits per heavy atom. The number of likely N-dealkylation sites (N-methyl/N-ethyl adjacent to an activating group) is 1. The van der Waals surface area contributed by atoms with Crippen LogP contribution < -0.4 is 5.56 Å². The average molecular weight is 527 g/mol. The molecule has 2 bridgehead atoms. The fourth-order valence-electron chi connectivity index (χ4n) is 9.30. The summed E-state index contributed by atoms with van der Waals surface area (Å²) in [5, 5.41) is 23.7. The van der Waals surface area contributed by atoms with Gasteiger partial charge < -0.3 is 24.8 Å². The molecule has 0 amide bonds. The third-order valence-electron chi connectivity index (χ3n) is 11.3. The zero-order chi connectivity index (χ0) is 26.9. The SMILES string of the molecule is CN(C)C1CC23CCC4(O2)C2CC=C(c5ccc6cc(=O)[nH]cc6c5)C2(C)CCC4(F)CC3(F)C(O)C1O. The van der Waals surface area contributed by atoms with E-state index in [-0.39, 0.29) is 29.7 Å². The molecule has 9 unspecified atom stereocenters. The number of fused-ring (bicyclic) bond motifs is 2. The number of aromatic nitrogens is 1. The van der Waals surface area contributed by atoms with Crippen LogP contribution >= 0.6 is 0 Å². The van der Waals surface area contributed by atoms with Crippen molar-refractivity contribution in [3.63, 3.8) is 0 Å². The molecule has 3 aliphatic carbocycles. The second kappa shape index (κ2) is 7.53. The lowest BCUT2D eigenvalue weighted by Crippen LogP contribution is -2.78. The third-order valence-corrected chi connectivity index (χ3v) is 11.3. The normalized spacial score (nSPS) is 47.5. The zero-order valence-corrected chi connectivity index (χ0v) is 22.1. The molecule has 5 aliphatic rings. The number of aliphatic hydroxyl groups is 2. The third kappa shape index (κ3) is 2.82. The Morgan fingerprint density at radius 1 is 1.08 bits per heavy atom. The quantitative estimate of drug-likeness (QED) is 0.553. The molecule has 1 aromatic heterocycles. The van der Waals surface area contributed by atoms with E-state index in [9.17, 15) is 15.0 Å². The molecular formula is C30H36F2N2O4. The highest BCUT2D eigenvalue weighted by atomic mass is 19.2. The molecule has 7 rings (SSSR count). The van der Waals surface area contributed by atoms with Crippen LogP contribution in [-0.2, 0) is 4.74 Å². The van der Waals surface area contributed by atoms with Crippen molar-refractivity contribution in [3.05, 3.63) is 52.5 Å². The van der Waals surface area contributed by atoms with Gasteiger partial charge in [-0.1, -0.05) is 25.1 Å². The minimum atomic E-state index is -2.34. The molecule has 3 heterocycles. The van der Waals surface area contributed by atoms with Gasteiger partial charge in [0.15, 0.2) is 5.67 Å². The summed E-state index contributed by atoms with van der Waals surface area (Å²) < 4.78 is 41.0. The number of benzene rings is 1. The Morgan fingerprint density at radius 2 is 1.87 bits per heavy atom. The first kappa shape index (κ1) is 24.9. The maximum absolute atomic E-state index is 17.2. The van der Waals surface area contributed by atoms with Crippen LogP contribution in [-0.4, -0.2) is 75.0 Å². The van der Waals surface area contributed by atoms with Crippen LogP contribution in [0.5, 0.6) is 0 Å². The molecule has 0 radical (unpaired) electrons. The van der Waals surface area contributed by atoms with Crippen molar-refractivity contribution in [2.45, 2.75) is 92.7 Å². The molecule has 8 heteroatoms. The minimum absolute atomic E-state index is 0.139. The maximum Gasteiger partial charge on any atom is 0.248 e. The van der Waals surface area contributed by atoms with Gasteiger partial charge in [-0.25, -0.2) is 8.78 Å². The van der Waals surface area contributed by atoms with Gasteiger partial charge in [-0.05, 0) is 86.0 Å². The number of hydrogen-bond donors (Lipinski definition) is 3. The van der Waals surface area contributed by atoms with Crippen LogP contribution in [0.25, 0.3) is 16.3 Å². The second-order valence-corrected chi connectivity index (χ2v) is 13.1. The van der Waals surface area contributed by atoms with Crippen molar-refractivity contribution in [2.75, 3.05) is 14.1 Å². The predicted octanol–water partition coefficient (Wildman–Crippen LogP) is 3.90. The number of nitrogens with one attached hydrogen (secondary N) is 1. The molecule has 38 heavy (non-hydrogen) atoms. The van der Waals surface area contributed by atoms with E-state index in [0.717, 1.165) is 21.9 Å². The van der Waals surface area contributed by atoms with Crippen molar-refractivity contribution in [2.24, 2.45) is 11.3 Å². The van der Waals surface area contributed by atoms with Crippen LogP contribution in [0.15, 0.2) is 41.3 Å². The Hall–Kier alpha value is -2.13. The highest BCUT2D eigenvalue weighted by Gasteiger charge is 2.82. The van der Waals surface area contributed by atoms with Gasteiger partial charge in [-0.15, -0.1) is 0 Å². The van der Waals surface area contributed by atoms with Gasteiger partial charge in [0.25, 0.3) is 0 Å². The molecule has 4 fully saturated rings. The standard InChI is InChI=1S/C30H36F2N2O4/c1-26-8-9-27(31)16-29(32)25(37)24(36)21(34(2)3)14-28(29)10-11-30(27,38-28)22(26)7-6-20(26)18-5-4-17-13-23(35)33-15-19(17)12-18/h4-6,12-13,15,21-22,24-25,36-37H,7-11,14,16H2,1-3H3,(H,33,35). The van der Waals surface area contributed by atoms with E-state index < -0.39 is 47.2 Å². The average Bonchev–Trinajstić information content (AvgIpc) is 3.42. The minimum Gasteiger partial charge on any atom is -0.389 e. The Bertz CT molecular complexity index is 1430. The van der Waals surface area contributed by atoms with Crippen molar-refractivity contribution in [3.8, 4) is 0 Å². The van der Waals surface area contributed by atoms with Gasteiger partial charge in [0.1, 0.15) is 23.0 Å². The molecule has 2 saturated carbocycles. The zero-order valence-electron chi connectivity index (χ0n) is 22.1. The Balaban J connectivity index is 1.29. The molecule has 2 saturated heterocycles. The Kier molecular flexibility index (Phi) is 4.93. The topological polar surface area (TPSA) is 85.8 Å². The molecule has 2 aromatic rings. The van der Waals surface area contributed by atoms with Crippen molar-refractivity contribution in [1.82, 2.24) is 9.88 Å². The second-order valence-electron chi connectivity index (χ2n) is 13.1. The van der Waals surface area contributed by atoms with Gasteiger partial charge in [-0.2, -0.15) is 0 Å². The smallest absolute Gasteiger partial charge is 0.248 e. The van der Waals surface area contributed by atoms with Crippen LogP contribution in [0.3, 0.4) is 0 Å². The first-order valence-electron chi connectivity index (χ1n) is 13.8. The molecule has 2 aliphatic heterocycles. The van der Waals surface area contributed by atoms with Gasteiger partial charge in [0.05, 0.1) is 6.10 Å². The summed E-state index contributed by atoms with van der Waals surface area (Å²) in [6.07, 6.45) is 2.73. The van der Waals surface area contributed by atoms with Gasteiger partial charge in [0.2, 0.25) is 5.56 Å². The monoisotopic (exact) mass is 526 g/mol. The molecule has 204 valence electrons. The lowest BCUT2D eigenvalue weighted by molar-refractivity contribution is -0.347. The van der Waals surface area contributed by atoms with E-state index in [1.165, 1.54) is 0 Å². The number of allylic oxidation sites excluding steroid dienone is 2. The van der Waals surface area contributed by atoms with Gasteiger partial charge >= 0.3 is 0 Å². The lowest BCUT2D eigenvalue weighted by Gasteiger charge is -2.65. The first-order chi connectivity index (χ1) is 17.9. The Labute approximate surface area is 220 Å². The number of halogens is 2.